The molecule has 0 fully saturated rings. The first-order valence-electron chi connectivity index (χ1n) is 8.96. The van der Waals surface area contributed by atoms with Gasteiger partial charge in [-0.25, -0.2) is 0 Å². The quantitative estimate of drug-likeness (QED) is 0.672. The van der Waals surface area contributed by atoms with Crippen LogP contribution >= 0.6 is 0 Å². The number of rotatable bonds is 5. The predicted molar refractivity (Wildman–Crippen MR) is 105 cm³/mol. The van der Waals surface area contributed by atoms with E-state index in [-0.39, 0.29) is 17.6 Å². The van der Waals surface area contributed by atoms with Crippen LogP contribution in [-0.4, -0.2) is 27.4 Å². The highest BCUT2D eigenvalue weighted by molar-refractivity contribution is 6.11. The Morgan fingerprint density at radius 3 is 2.79 bits per heavy atom. The van der Waals surface area contributed by atoms with Crippen LogP contribution in [0.1, 0.15) is 38.9 Å². The summed E-state index contributed by atoms with van der Waals surface area (Å²) in [6, 6.07) is 13.6. The van der Waals surface area contributed by atoms with Gasteiger partial charge in [0, 0.05) is 35.2 Å². The van der Waals surface area contributed by atoms with Crippen molar-refractivity contribution in [3.8, 4) is 0 Å². The molecule has 2 amide bonds. The Hall–Kier alpha value is -3.74. The van der Waals surface area contributed by atoms with Crippen LogP contribution in [0.25, 0.3) is 0 Å². The summed E-state index contributed by atoms with van der Waals surface area (Å²) in [7, 11) is 0. The SMILES string of the molecule is CCn1nccc1C(=O)Nc1cccc(C(=O)c2ccc3c(c2)NC(=O)C3)c1. The number of amides is 2. The maximum atomic E-state index is 12.9. The Morgan fingerprint density at radius 2 is 1.96 bits per heavy atom. The van der Waals surface area contributed by atoms with Crippen LogP contribution < -0.4 is 10.6 Å². The lowest BCUT2D eigenvalue weighted by Gasteiger charge is -2.09. The number of carbonyl (C=O) groups excluding carboxylic acids is 3. The minimum atomic E-state index is -0.288. The first kappa shape index (κ1) is 17.7. The summed E-state index contributed by atoms with van der Waals surface area (Å²) in [5, 5.41) is 9.64. The molecule has 1 aromatic heterocycles. The third kappa shape index (κ3) is 3.29. The van der Waals surface area contributed by atoms with Gasteiger partial charge in [0.05, 0.1) is 6.42 Å². The van der Waals surface area contributed by atoms with E-state index in [2.05, 4.69) is 15.7 Å². The third-order valence-corrected chi connectivity index (χ3v) is 4.63. The standard InChI is InChI=1S/C21H18N4O3/c1-2-25-18(8-9-22-25)21(28)23-16-5-3-4-14(10-16)20(27)15-7-6-13-12-19(26)24-17(13)11-15/h3-11H,2,12H2,1H3,(H,23,28)(H,24,26). The van der Waals surface area contributed by atoms with E-state index in [0.29, 0.717) is 41.2 Å². The molecule has 0 saturated carbocycles. The van der Waals surface area contributed by atoms with Gasteiger partial charge in [0.2, 0.25) is 5.91 Å². The molecule has 28 heavy (non-hydrogen) atoms. The zero-order chi connectivity index (χ0) is 19.7. The van der Waals surface area contributed by atoms with Crippen LogP contribution in [0, 0.1) is 0 Å². The topological polar surface area (TPSA) is 93.1 Å². The zero-order valence-electron chi connectivity index (χ0n) is 15.2. The maximum Gasteiger partial charge on any atom is 0.273 e. The monoisotopic (exact) mass is 374 g/mol. The molecule has 0 atom stereocenters. The lowest BCUT2D eigenvalue weighted by Crippen LogP contribution is -2.17. The van der Waals surface area contributed by atoms with Crippen molar-refractivity contribution in [3.05, 3.63) is 77.1 Å². The van der Waals surface area contributed by atoms with Crippen molar-refractivity contribution in [1.29, 1.82) is 0 Å². The van der Waals surface area contributed by atoms with Crippen molar-refractivity contribution < 1.29 is 14.4 Å². The second-order valence-corrected chi connectivity index (χ2v) is 6.49. The molecule has 2 N–H and O–H groups in total. The van der Waals surface area contributed by atoms with Gasteiger partial charge in [0.25, 0.3) is 5.91 Å². The van der Waals surface area contributed by atoms with Gasteiger partial charge in [-0.1, -0.05) is 24.3 Å². The number of hydrogen-bond donors (Lipinski definition) is 2. The summed E-state index contributed by atoms with van der Waals surface area (Å²) in [6.45, 7) is 2.49. The van der Waals surface area contributed by atoms with E-state index in [0.717, 1.165) is 5.56 Å². The number of fused-ring (bicyclic) bond motifs is 1. The minimum absolute atomic E-state index is 0.0735. The highest BCUT2D eigenvalue weighted by Gasteiger charge is 2.20. The van der Waals surface area contributed by atoms with Crippen LogP contribution in [0.2, 0.25) is 0 Å². The molecular weight excluding hydrogens is 356 g/mol. The van der Waals surface area contributed by atoms with E-state index in [1.165, 1.54) is 0 Å². The van der Waals surface area contributed by atoms with E-state index in [9.17, 15) is 14.4 Å². The Kier molecular flexibility index (Phi) is 4.49. The van der Waals surface area contributed by atoms with Crippen LogP contribution in [0.3, 0.4) is 0 Å². The molecule has 2 aromatic carbocycles. The van der Waals surface area contributed by atoms with E-state index >= 15 is 0 Å². The second kappa shape index (κ2) is 7.11. The minimum Gasteiger partial charge on any atom is -0.326 e. The van der Waals surface area contributed by atoms with Gasteiger partial charge in [0.15, 0.2) is 5.78 Å². The van der Waals surface area contributed by atoms with Crippen LogP contribution in [0.5, 0.6) is 0 Å². The average molecular weight is 374 g/mol. The number of benzene rings is 2. The average Bonchev–Trinajstić information content (AvgIpc) is 3.32. The molecule has 0 unspecified atom stereocenters. The Balaban J connectivity index is 1.55. The molecule has 0 saturated heterocycles. The molecule has 4 rings (SSSR count). The predicted octanol–water partition coefficient (Wildman–Crippen LogP) is 2.88. The van der Waals surface area contributed by atoms with Crippen molar-refractivity contribution in [2.45, 2.75) is 19.9 Å². The number of ketones is 1. The van der Waals surface area contributed by atoms with Crippen LogP contribution in [0.15, 0.2) is 54.7 Å². The molecule has 2 heterocycles. The highest BCUT2D eigenvalue weighted by Crippen LogP contribution is 2.25. The van der Waals surface area contributed by atoms with Crippen molar-refractivity contribution in [2.24, 2.45) is 0 Å². The molecule has 0 radical (unpaired) electrons. The number of aromatic nitrogens is 2. The van der Waals surface area contributed by atoms with Gasteiger partial charge in [-0.05, 0) is 36.8 Å². The lowest BCUT2D eigenvalue weighted by molar-refractivity contribution is -0.115. The number of nitrogens with one attached hydrogen (secondary N) is 2. The Bertz CT molecular complexity index is 1100. The summed E-state index contributed by atoms with van der Waals surface area (Å²) >= 11 is 0. The highest BCUT2D eigenvalue weighted by atomic mass is 16.2. The normalized spacial score (nSPS) is 12.4. The number of carbonyl (C=O) groups is 3. The van der Waals surface area contributed by atoms with Crippen molar-refractivity contribution >= 4 is 29.0 Å². The van der Waals surface area contributed by atoms with Gasteiger partial charge >= 0.3 is 0 Å². The second-order valence-electron chi connectivity index (χ2n) is 6.49. The largest absolute Gasteiger partial charge is 0.326 e. The van der Waals surface area contributed by atoms with Crippen molar-refractivity contribution in [2.75, 3.05) is 10.6 Å². The molecule has 140 valence electrons. The van der Waals surface area contributed by atoms with Crippen molar-refractivity contribution in [1.82, 2.24) is 9.78 Å². The summed E-state index contributed by atoms with van der Waals surface area (Å²) in [6.07, 6.45) is 1.91. The number of anilines is 2. The molecule has 7 nitrogen and oxygen atoms in total. The van der Waals surface area contributed by atoms with E-state index < -0.39 is 0 Å². The zero-order valence-corrected chi connectivity index (χ0v) is 15.2. The fourth-order valence-corrected chi connectivity index (χ4v) is 3.23. The van der Waals surface area contributed by atoms with Crippen LogP contribution in [0.4, 0.5) is 11.4 Å². The first-order chi connectivity index (χ1) is 13.5. The summed E-state index contributed by atoms with van der Waals surface area (Å²) in [5.41, 5.74) is 3.46. The van der Waals surface area contributed by atoms with Crippen LogP contribution in [-0.2, 0) is 17.8 Å². The third-order valence-electron chi connectivity index (χ3n) is 4.63. The molecule has 1 aliphatic heterocycles. The smallest absolute Gasteiger partial charge is 0.273 e. The summed E-state index contributed by atoms with van der Waals surface area (Å²) in [4.78, 5) is 36.8. The molecule has 3 aromatic rings. The van der Waals surface area contributed by atoms with E-state index in [1.807, 2.05) is 6.92 Å². The number of hydrogen-bond acceptors (Lipinski definition) is 4. The molecule has 0 bridgehead atoms. The van der Waals surface area contributed by atoms with Gasteiger partial charge in [-0.2, -0.15) is 5.10 Å². The molecule has 1 aliphatic rings. The maximum absolute atomic E-state index is 12.9. The fourth-order valence-electron chi connectivity index (χ4n) is 3.23. The molecule has 0 aliphatic carbocycles. The number of aryl methyl sites for hydroxylation is 1. The van der Waals surface area contributed by atoms with Crippen molar-refractivity contribution in [3.63, 3.8) is 0 Å². The van der Waals surface area contributed by atoms with Gasteiger partial charge in [-0.15, -0.1) is 0 Å². The van der Waals surface area contributed by atoms with Gasteiger partial charge in [-0.3, -0.25) is 19.1 Å². The molecule has 0 spiro atoms. The van der Waals surface area contributed by atoms with Gasteiger partial charge in [0.1, 0.15) is 5.69 Å². The lowest BCUT2D eigenvalue weighted by atomic mass is 10.0. The first-order valence-corrected chi connectivity index (χ1v) is 8.96. The summed E-state index contributed by atoms with van der Waals surface area (Å²) in [5.74, 6) is -0.543. The number of nitrogens with zero attached hydrogens (tertiary/aromatic N) is 2. The van der Waals surface area contributed by atoms with E-state index in [4.69, 9.17) is 0 Å². The molecular formula is C21H18N4O3. The summed E-state index contributed by atoms with van der Waals surface area (Å²) < 4.78 is 1.60. The Morgan fingerprint density at radius 1 is 1.14 bits per heavy atom. The molecule has 7 heteroatoms. The Labute approximate surface area is 161 Å². The van der Waals surface area contributed by atoms with Gasteiger partial charge < -0.3 is 10.6 Å². The fraction of sp³-hybridized carbons (Fsp3) is 0.143. The van der Waals surface area contributed by atoms with E-state index in [1.54, 1.807) is 59.4 Å².